The number of para-hydroxylation sites is 1. The SMILES string of the molecule is NC1=C(OSCc2ccccc2)C(=O)C(c2cccc(Cl)c2-n2ccc(N)nc2=O)O1. The second-order valence-corrected chi connectivity index (χ2v) is 7.67. The number of nitrogen functional groups attached to an aromatic ring is 1. The summed E-state index contributed by atoms with van der Waals surface area (Å²) in [5.41, 5.74) is 12.5. The molecular formula is C21H17ClN4O4S. The number of carbonyl (C=O) groups excluding carboxylic acids is 1. The Balaban J connectivity index is 1.59. The van der Waals surface area contributed by atoms with Crippen LogP contribution in [-0.2, 0) is 19.5 Å². The van der Waals surface area contributed by atoms with Crippen molar-refractivity contribution < 1.29 is 13.7 Å². The number of benzene rings is 2. The number of hydrogen-bond acceptors (Lipinski definition) is 8. The summed E-state index contributed by atoms with van der Waals surface area (Å²) in [6.07, 6.45) is 0.309. The van der Waals surface area contributed by atoms with Crippen LogP contribution in [0.4, 0.5) is 5.82 Å². The zero-order valence-electron chi connectivity index (χ0n) is 16.0. The number of anilines is 1. The maximum absolute atomic E-state index is 13.0. The number of rotatable bonds is 6. The van der Waals surface area contributed by atoms with Crippen molar-refractivity contribution in [3.8, 4) is 5.69 Å². The summed E-state index contributed by atoms with van der Waals surface area (Å²) in [7, 11) is 0. The van der Waals surface area contributed by atoms with Gasteiger partial charge in [0.05, 0.1) is 28.5 Å². The van der Waals surface area contributed by atoms with Crippen LogP contribution in [0, 0.1) is 0 Å². The van der Waals surface area contributed by atoms with Gasteiger partial charge in [-0.3, -0.25) is 9.36 Å². The first kappa shape index (κ1) is 20.8. The molecule has 1 aliphatic heterocycles. The topological polar surface area (TPSA) is 122 Å². The molecule has 0 saturated heterocycles. The fourth-order valence-corrected chi connectivity index (χ4v) is 4.02. The van der Waals surface area contributed by atoms with Crippen molar-refractivity contribution in [2.45, 2.75) is 11.9 Å². The highest BCUT2D eigenvalue weighted by atomic mass is 35.5. The van der Waals surface area contributed by atoms with E-state index in [0.29, 0.717) is 11.3 Å². The Morgan fingerprint density at radius 1 is 1.10 bits per heavy atom. The lowest BCUT2D eigenvalue weighted by atomic mass is 10.0. The first-order valence-corrected chi connectivity index (χ1v) is 10.4. The summed E-state index contributed by atoms with van der Waals surface area (Å²) in [6, 6.07) is 15.9. The smallest absolute Gasteiger partial charge is 0.354 e. The van der Waals surface area contributed by atoms with Crippen molar-refractivity contribution in [1.29, 1.82) is 0 Å². The molecule has 1 aliphatic rings. The minimum Gasteiger partial charge on any atom is -0.460 e. The quantitative estimate of drug-likeness (QED) is 0.542. The van der Waals surface area contributed by atoms with E-state index in [4.69, 9.17) is 32.0 Å². The monoisotopic (exact) mass is 456 g/mol. The molecule has 0 bridgehead atoms. The van der Waals surface area contributed by atoms with Crippen LogP contribution in [0.1, 0.15) is 17.2 Å². The number of halogens is 1. The van der Waals surface area contributed by atoms with Crippen LogP contribution in [0.15, 0.2) is 77.2 Å². The van der Waals surface area contributed by atoms with E-state index >= 15 is 0 Å². The van der Waals surface area contributed by atoms with Crippen LogP contribution < -0.4 is 17.2 Å². The van der Waals surface area contributed by atoms with Crippen LogP contribution in [0.5, 0.6) is 0 Å². The number of nitrogens with two attached hydrogens (primary N) is 2. The standard InChI is InChI=1S/C21H17ClN4O4S/c22-14-8-4-7-13(16(14)26-10-9-15(23)25-21(26)28)18-17(27)19(20(24)29-18)30-31-11-12-5-2-1-3-6-12/h1-10,18H,11,24H2,(H2,23,25,28). The van der Waals surface area contributed by atoms with E-state index in [9.17, 15) is 9.59 Å². The van der Waals surface area contributed by atoms with Crippen molar-refractivity contribution in [2.75, 3.05) is 5.73 Å². The number of hydrogen-bond donors (Lipinski definition) is 2. The van der Waals surface area contributed by atoms with Crippen LogP contribution >= 0.6 is 23.6 Å². The Labute approximate surface area is 186 Å². The summed E-state index contributed by atoms with van der Waals surface area (Å²) >= 11 is 7.43. The molecule has 0 amide bonds. The minimum atomic E-state index is -1.12. The molecule has 3 aromatic rings. The molecule has 31 heavy (non-hydrogen) atoms. The highest BCUT2D eigenvalue weighted by Crippen LogP contribution is 2.38. The second kappa shape index (κ2) is 8.75. The summed E-state index contributed by atoms with van der Waals surface area (Å²) < 4.78 is 12.4. The molecular weight excluding hydrogens is 440 g/mol. The molecule has 2 aromatic carbocycles. The van der Waals surface area contributed by atoms with Crippen LogP contribution in [0.2, 0.25) is 5.02 Å². The van der Waals surface area contributed by atoms with Gasteiger partial charge in [-0.25, -0.2) is 4.79 Å². The van der Waals surface area contributed by atoms with Gasteiger partial charge in [0, 0.05) is 11.8 Å². The zero-order chi connectivity index (χ0) is 22.0. The van der Waals surface area contributed by atoms with Gasteiger partial charge in [0.1, 0.15) is 5.82 Å². The second-order valence-electron chi connectivity index (χ2n) is 6.57. The third-order valence-corrected chi connectivity index (χ3v) is 5.55. The minimum absolute atomic E-state index is 0.0695. The van der Waals surface area contributed by atoms with E-state index in [1.807, 2.05) is 30.3 Å². The molecule has 158 valence electrons. The highest BCUT2D eigenvalue weighted by Gasteiger charge is 2.39. The van der Waals surface area contributed by atoms with Crippen molar-refractivity contribution >= 4 is 35.2 Å². The summed E-state index contributed by atoms with van der Waals surface area (Å²) in [5, 5.41) is 0.231. The lowest BCUT2D eigenvalue weighted by Crippen LogP contribution is -2.24. The summed E-state index contributed by atoms with van der Waals surface area (Å²) in [6.45, 7) is 0. The molecule has 8 nitrogen and oxygen atoms in total. The van der Waals surface area contributed by atoms with Gasteiger partial charge in [-0.05, 0) is 17.7 Å². The molecule has 1 aromatic heterocycles. The highest BCUT2D eigenvalue weighted by molar-refractivity contribution is 7.94. The Kier molecular flexibility index (Phi) is 5.88. The largest absolute Gasteiger partial charge is 0.460 e. The van der Waals surface area contributed by atoms with Crippen molar-refractivity contribution in [3.05, 3.63) is 99.1 Å². The zero-order valence-corrected chi connectivity index (χ0v) is 17.6. The van der Waals surface area contributed by atoms with Crippen LogP contribution in [0.25, 0.3) is 5.69 Å². The molecule has 0 radical (unpaired) electrons. The molecule has 0 saturated carbocycles. The molecule has 4 N–H and O–H groups in total. The van der Waals surface area contributed by atoms with Crippen LogP contribution in [-0.4, -0.2) is 15.3 Å². The maximum Gasteiger partial charge on any atom is 0.354 e. The van der Waals surface area contributed by atoms with Crippen LogP contribution in [0.3, 0.4) is 0 Å². The molecule has 0 aliphatic carbocycles. The molecule has 1 atom stereocenters. The number of Topliss-reactive ketones (excluding diaryl/α,β-unsaturated/α-hetero) is 1. The van der Waals surface area contributed by atoms with E-state index < -0.39 is 17.6 Å². The predicted molar refractivity (Wildman–Crippen MR) is 118 cm³/mol. The van der Waals surface area contributed by atoms with Gasteiger partial charge in [-0.2, -0.15) is 4.98 Å². The molecule has 1 unspecified atom stereocenters. The van der Waals surface area contributed by atoms with Gasteiger partial charge in [-0.1, -0.05) is 54.1 Å². The van der Waals surface area contributed by atoms with E-state index in [1.165, 1.54) is 16.8 Å². The average Bonchev–Trinajstić information content (AvgIpc) is 3.03. The first-order chi connectivity index (χ1) is 15.0. The van der Waals surface area contributed by atoms with Crippen molar-refractivity contribution in [1.82, 2.24) is 9.55 Å². The lowest BCUT2D eigenvalue weighted by molar-refractivity contribution is -0.122. The number of aromatic nitrogens is 2. The van der Waals surface area contributed by atoms with Gasteiger partial charge in [-0.15, -0.1) is 0 Å². The Morgan fingerprint density at radius 3 is 2.61 bits per heavy atom. The number of ether oxygens (including phenoxy) is 1. The van der Waals surface area contributed by atoms with Crippen molar-refractivity contribution in [3.63, 3.8) is 0 Å². The van der Waals surface area contributed by atoms with E-state index in [1.54, 1.807) is 18.2 Å². The number of carbonyl (C=O) groups is 1. The Hall–Kier alpha value is -3.43. The number of nitrogens with zero attached hydrogens (tertiary/aromatic N) is 2. The predicted octanol–water partition coefficient (Wildman–Crippen LogP) is 3.10. The van der Waals surface area contributed by atoms with E-state index in [2.05, 4.69) is 4.98 Å². The summed E-state index contributed by atoms with van der Waals surface area (Å²) in [5.74, 6) is -0.105. The molecule has 4 rings (SSSR count). The average molecular weight is 457 g/mol. The maximum atomic E-state index is 13.0. The fraction of sp³-hybridized carbons (Fsp3) is 0.0952. The molecule has 0 spiro atoms. The first-order valence-electron chi connectivity index (χ1n) is 9.13. The van der Waals surface area contributed by atoms with Gasteiger partial charge in [0.2, 0.25) is 17.4 Å². The van der Waals surface area contributed by atoms with Gasteiger partial charge >= 0.3 is 5.69 Å². The van der Waals surface area contributed by atoms with Gasteiger partial charge in [0.15, 0.2) is 6.10 Å². The van der Waals surface area contributed by atoms with E-state index in [-0.39, 0.29) is 28.2 Å². The molecule has 0 fully saturated rings. The van der Waals surface area contributed by atoms with E-state index in [0.717, 1.165) is 17.6 Å². The van der Waals surface area contributed by atoms with Gasteiger partial charge < -0.3 is 20.4 Å². The van der Waals surface area contributed by atoms with Crippen molar-refractivity contribution in [2.24, 2.45) is 5.73 Å². The third-order valence-electron chi connectivity index (χ3n) is 4.51. The Morgan fingerprint density at radius 2 is 1.87 bits per heavy atom. The molecule has 2 heterocycles. The number of ketones is 1. The normalized spacial score (nSPS) is 15.8. The Bertz CT molecular complexity index is 1230. The third kappa shape index (κ3) is 4.23. The molecule has 10 heteroatoms. The summed E-state index contributed by atoms with van der Waals surface area (Å²) in [4.78, 5) is 29.1. The van der Waals surface area contributed by atoms with Gasteiger partial charge in [0.25, 0.3) is 0 Å². The fourth-order valence-electron chi connectivity index (χ4n) is 3.08. The lowest BCUT2D eigenvalue weighted by Gasteiger charge is -2.17.